The van der Waals surface area contributed by atoms with Crippen LogP contribution in [-0.4, -0.2) is 26.5 Å². The first-order chi connectivity index (χ1) is 12.0. The van der Waals surface area contributed by atoms with E-state index in [1.165, 1.54) is 5.56 Å². The zero-order valence-electron chi connectivity index (χ0n) is 14.0. The van der Waals surface area contributed by atoms with Crippen LogP contribution in [0.5, 0.6) is 0 Å². The van der Waals surface area contributed by atoms with Crippen LogP contribution in [0.25, 0.3) is 5.82 Å². The predicted octanol–water partition coefficient (Wildman–Crippen LogP) is 4.26. The molecule has 0 atom stereocenters. The first-order valence-corrected chi connectivity index (χ1v) is 9.28. The lowest BCUT2D eigenvalue weighted by atomic mass is 10.00. The van der Waals surface area contributed by atoms with E-state index in [1.807, 2.05) is 48.9 Å². The molecule has 0 unspecified atom stereocenters. The molecule has 0 spiro atoms. The molecule has 3 heterocycles. The minimum Gasteiger partial charge on any atom is -0.350 e. The average Bonchev–Trinajstić information content (AvgIpc) is 2.96. The zero-order valence-corrected chi connectivity index (χ0v) is 16.3. The third-order valence-corrected chi connectivity index (χ3v) is 5.58. The van der Waals surface area contributed by atoms with Gasteiger partial charge in [-0.05, 0) is 61.7 Å². The van der Waals surface area contributed by atoms with Crippen LogP contribution in [0.1, 0.15) is 22.5 Å². The van der Waals surface area contributed by atoms with Gasteiger partial charge in [-0.1, -0.05) is 27.5 Å². The summed E-state index contributed by atoms with van der Waals surface area (Å²) in [5, 5.41) is 14.0. The highest BCUT2D eigenvalue weighted by molar-refractivity contribution is 9.10. The molecule has 0 saturated heterocycles. The Kier molecular flexibility index (Phi) is 4.25. The Balaban J connectivity index is 1.61. The molecule has 1 aromatic carbocycles. The second kappa shape index (κ2) is 6.42. The molecule has 7 heteroatoms. The third kappa shape index (κ3) is 3.04. The van der Waals surface area contributed by atoms with Crippen molar-refractivity contribution in [3.63, 3.8) is 0 Å². The Hall–Kier alpha value is -1.92. The maximum absolute atomic E-state index is 6.40. The lowest BCUT2D eigenvalue weighted by Crippen LogP contribution is -2.31. The highest BCUT2D eigenvalue weighted by atomic mass is 79.9. The number of benzene rings is 1. The van der Waals surface area contributed by atoms with E-state index in [0.29, 0.717) is 0 Å². The Morgan fingerprint density at radius 1 is 1.04 bits per heavy atom. The second-order valence-electron chi connectivity index (χ2n) is 6.25. The minimum absolute atomic E-state index is 0.729. The van der Waals surface area contributed by atoms with Gasteiger partial charge in [0.1, 0.15) is 0 Å². The molecule has 25 heavy (non-hydrogen) atoms. The van der Waals surface area contributed by atoms with Gasteiger partial charge in [0.05, 0.1) is 5.69 Å². The van der Waals surface area contributed by atoms with Crippen LogP contribution in [0.3, 0.4) is 0 Å². The monoisotopic (exact) mass is 417 g/mol. The first-order valence-electron chi connectivity index (χ1n) is 8.11. The third-order valence-electron chi connectivity index (χ3n) is 4.48. The van der Waals surface area contributed by atoms with Crippen LogP contribution in [0.2, 0.25) is 5.02 Å². The van der Waals surface area contributed by atoms with Crippen molar-refractivity contribution in [2.75, 3.05) is 11.4 Å². The van der Waals surface area contributed by atoms with Gasteiger partial charge in [0.2, 0.25) is 0 Å². The molecule has 0 fully saturated rings. The van der Waals surface area contributed by atoms with E-state index in [2.05, 4.69) is 36.1 Å². The van der Waals surface area contributed by atoms with Gasteiger partial charge in [0.25, 0.3) is 0 Å². The molecule has 5 nitrogen and oxygen atoms in total. The quantitative estimate of drug-likeness (QED) is 0.624. The van der Waals surface area contributed by atoms with Crippen LogP contribution in [0.4, 0.5) is 5.82 Å². The van der Waals surface area contributed by atoms with Crippen molar-refractivity contribution in [1.29, 1.82) is 0 Å². The van der Waals surface area contributed by atoms with E-state index in [1.54, 1.807) is 0 Å². The van der Waals surface area contributed by atoms with E-state index < -0.39 is 0 Å². The highest BCUT2D eigenvalue weighted by Gasteiger charge is 2.22. The van der Waals surface area contributed by atoms with Crippen LogP contribution >= 0.6 is 27.5 Å². The summed E-state index contributed by atoms with van der Waals surface area (Å²) in [5.74, 6) is 1.58. The number of fused-ring (bicyclic) bond motifs is 1. The van der Waals surface area contributed by atoms with Crippen LogP contribution in [0.15, 0.2) is 34.8 Å². The number of anilines is 1. The van der Waals surface area contributed by atoms with Crippen molar-refractivity contribution >= 4 is 33.3 Å². The fourth-order valence-electron chi connectivity index (χ4n) is 3.25. The van der Waals surface area contributed by atoms with E-state index in [4.69, 9.17) is 11.6 Å². The number of rotatable bonds is 2. The van der Waals surface area contributed by atoms with Crippen LogP contribution < -0.4 is 4.90 Å². The summed E-state index contributed by atoms with van der Waals surface area (Å²) in [6.45, 7) is 5.61. The lowest BCUT2D eigenvalue weighted by molar-refractivity contribution is 0.703. The molecule has 0 amide bonds. The number of hydrogen-bond acceptors (Lipinski definition) is 4. The van der Waals surface area contributed by atoms with Crippen molar-refractivity contribution in [3.05, 3.63) is 62.3 Å². The summed E-state index contributed by atoms with van der Waals surface area (Å²) < 4.78 is 2.93. The van der Waals surface area contributed by atoms with Gasteiger partial charge in [-0.2, -0.15) is 5.10 Å². The van der Waals surface area contributed by atoms with Crippen LogP contribution in [0, 0.1) is 13.8 Å². The van der Waals surface area contributed by atoms with Crippen LogP contribution in [-0.2, 0) is 13.0 Å². The summed E-state index contributed by atoms with van der Waals surface area (Å²) in [6.07, 6.45) is 0.928. The summed E-state index contributed by atoms with van der Waals surface area (Å²) in [6, 6.07) is 9.93. The highest BCUT2D eigenvalue weighted by Crippen LogP contribution is 2.33. The van der Waals surface area contributed by atoms with Crippen molar-refractivity contribution in [2.24, 2.45) is 0 Å². The Bertz CT molecular complexity index is 935. The van der Waals surface area contributed by atoms with Gasteiger partial charge in [0, 0.05) is 28.3 Å². The Morgan fingerprint density at radius 2 is 1.80 bits per heavy atom. The molecular formula is C18H17BrClN5. The van der Waals surface area contributed by atoms with E-state index in [0.717, 1.165) is 57.6 Å². The standard InChI is InChI=1S/C18H17BrClN5/c1-11-9-12(2)25(23-11)18-6-5-17(21-22-18)24-8-7-13-14(10-24)16(20)4-3-15(13)19/h3-6,9H,7-8,10H2,1-2H3. The molecule has 2 aromatic heterocycles. The lowest BCUT2D eigenvalue weighted by Gasteiger charge is -2.30. The summed E-state index contributed by atoms with van der Waals surface area (Å²) in [7, 11) is 0. The molecule has 1 aliphatic rings. The van der Waals surface area contributed by atoms with Gasteiger partial charge >= 0.3 is 0 Å². The topological polar surface area (TPSA) is 46.8 Å². The molecule has 1 aliphatic heterocycles. The summed E-state index contributed by atoms with van der Waals surface area (Å²) in [4.78, 5) is 2.21. The number of aryl methyl sites for hydroxylation is 2. The fraction of sp³-hybridized carbons (Fsp3) is 0.278. The molecule has 0 saturated carbocycles. The largest absolute Gasteiger partial charge is 0.350 e. The number of nitrogens with zero attached hydrogens (tertiary/aromatic N) is 5. The average molecular weight is 419 g/mol. The second-order valence-corrected chi connectivity index (χ2v) is 7.51. The Labute approximate surface area is 159 Å². The smallest absolute Gasteiger partial charge is 0.176 e. The van der Waals surface area contributed by atoms with E-state index in [9.17, 15) is 0 Å². The molecule has 3 aromatic rings. The van der Waals surface area contributed by atoms with Crippen molar-refractivity contribution < 1.29 is 0 Å². The van der Waals surface area contributed by atoms with Crippen molar-refractivity contribution in [3.8, 4) is 5.82 Å². The minimum atomic E-state index is 0.729. The van der Waals surface area contributed by atoms with Crippen molar-refractivity contribution in [1.82, 2.24) is 20.0 Å². The fourth-order valence-corrected chi connectivity index (χ4v) is 4.06. The number of hydrogen-bond donors (Lipinski definition) is 0. The number of aromatic nitrogens is 4. The van der Waals surface area contributed by atoms with Gasteiger partial charge in [-0.25, -0.2) is 4.68 Å². The van der Waals surface area contributed by atoms with E-state index >= 15 is 0 Å². The maximum atomic E-state index is 6.40. The van der Waals surface area contributed by atoms with Gasteiger partial charge in [-0.3, -0.25) is 0 Å². The van der Waals surface area contributed by atoms with E-state index in [-0.39, 0.29) is 0 Å². The molecule has 0 N–H and O–H groups in total. The molecule has 0 bridgehead atoms. The van der Waals surface area contributed by atoms with Crippen molar-refractivity contribution in [2.45, 2.75) is 26.8 Å². The Morgan fingerprint density at radius 3 is 2.48 bits per heavy atom. The molecule has 128 valence electrons. The maximum Gasteiger partial charge on any atom is 0.176 e. The number of halogens is 2. The molecule has 4 rings (SSSR count). The normalized spacial score (nSPS) is 13.8. The predicted molar refractivity (Wildman–Crippen MR) is 103 cm³/mol. The zero-order chi connectivity index (χ0) is 17.6. The van der Waals surface area contributed by atoms with Gasteiger partial charge < -0.3 is 4.90 Å². The SMILES string of the molecule is Cc1cc(C)n(-c2ccc(N3CCc4c(Br)ccc(Cl)c4C3)nn2)n1. The summed E-state index contributed by atoms with van der Waals surface area (Å²) in [5.41, 5.74) is 4.46. The molecule has 0 radical (unpaired) electrons. The first kappa shape index (κ1) is 16.5. The van der Waals surface area contributed by atoms with Gasteiger partial charge in [-0.15, -0.1) is 10.2 Å². The summed E-state index contributed by atoms with van der Waals surface area (Å²) >= 11 is 10.0. The molecule has 0 aliphatic carbocycles. The van der Waals surface area contributed by atoms with Gasteiger partial charge in [0.15, 0.2) is 11.6 Å². The molecular weight excluding hydrogens is 402 g/mol.